The molecule has 0 unspecified atom stereocenters. The summed E-state index contributed by atoms with van der Waals surface area (Å²) in [4.78, 5) is 4.16. The summed E-state index contributed by atoms with van der Waals surface area (Å²) >= 11 is 12.0. The van der Waals surface area contributed by atoms with Gasteiger partial charge in [0.05, 0.1) is 27.4 Å². The first-order valence-electron chi connectivity index (χ1n) is 5.83. The summed E-state index contributed by atoms with van der Waals surface area (Å²) < 4.78 is 5.41. The SMILES string of the molecule is N#Cc1cc(O)c2oc(Nc3cccc(Cl)c3Cl)nc2c1. The van der Waals surface area contributed by atoms with Gasteiger partial charge in [0.2, 0.25) is 0 Å². The van der Waals surface area contributed by atoms with Gasteiger partial charge in [-0.2, -0.15) is 10.2 Å². The third-order valence-electron chi connectivity index (χ3n) is 2.79. The van der Waals surface area contributed by atoms with Gasteiger partial charge in [0.1, 0.15) is 5.52 Å². The van der Waals surface area contributed by atoms with Gasteiger partial charge < -0.3 is 14.8 Å². The molecule has 2 aromatic carbocycles. The molecule has 0 spiro atoms. The Hall–Kier alpha value is -2.42. The van der Waals surface area contributed by atoms with Gasteiger partial charge in [-0.3, -0.25) is 0 Å². The number of hydrogen-bond acceptors (Lipinski definition) is 5. The van der Waals surface area contributed by atoms with E-state index in [1.165, 1.54) is 12.1 Å². The molecule has 5 nitrogen and oxygen atoms in total. The van der Waals surface area contributed by atoms with Crippen LogP contribution in [0.25, 0.3) is 11.1 Å². The largest absolute Gasteiger partial charge is 0.504 e. The maximum Gasteiger partial charge on any atom is 0.300 e. The molecule has 0 saturated heterocycles. The van der Waals surface area contributed by atoms with Crippen LogP contribution in [0.5, 0.6) is 5.75 Å². The van der Waals surface area contributed by atoms with Crippen LogP contribution in [0.4, 0.5) is 11.7 Å². The van der Waals surface area contributed by atoms with Crippen LogP contribution in [0.2, 0.25) is 10.0 Å². The number of oxazole rings is 1. The van der Waals surface area contributed by atoms with E-state index >= 15 is 0 Å². The number of anilines is 2. The predicted octanol–water partition coefficient (Wildman–Crippen LogP) is 4.46. The van der Waals surface area contributed by atoms with E-state index in [-0.39, 0.29) is 17.3 Å². The summed E-state index contributed by atoms with van der Waals surface area (Å²) in [5.41, 5.74) is 1.37. The van der Waals surface area contributed by atoms with Crippen LogP contribution in [0, 0.1) is 11.3 Å². The number of halogens is 2. The number of phenols is 1. The number of rotatable bonds is 2. The van der Waals surface area contributed by atoms with Crippen LogP contribution in [0.1, 0.15) is 5.56 Å². The second kappa shape index (κ2) is 5.17. The number of nitrogens with one attached hydrogen (secondary N) is 1. The zero-order chi connectivity index (χ0) is 15.0. The molecule has 104 valence electrons. The zero-order valence-corrected chi connectivity index (χ0v) is 11.9. The van der Waals surface area contributed by atoms with Crippen molar-refractivity contribution in [1.29, 1.82) is 5.26 Å². The fraction of sp³-hybridized carbons (Fsp3) is 0. The van der Waals surface area contributed by atoms with Gasteiger partial charge in [-0.05, 0) is 18.2 Å². The van der Waals surface area contributed by atoms with E-state index in [0.29, 0.717) is 26.8 Å². The van der Waals surface area contributed by atoms with E-state index in [1.807, 2.05) is 6.07 Å². The number of aromatic nitrogens is 1. The summed E-state index contributed by atoms with van der Waals surface area (Å²) in [6, 6.07) is 10.00. The van der Waals surface area contributed by atoms with Crippen LogP contribution in [0.15, 0.2) is 34.7 Å². The Morgan fingerprint density at radius 2 is 2.10 bits per heavy atom. The first-order valence-corrected chi connectivity index (χ1v) is 6.59. The molecule has 1 aromatic heterocycles. The lowest BCUT2D eigenvalue weighted by Gasteiger charge is -2.04. The highest BCUT2D eigenvalue weighted by molar-refractivity contribution is 6.43. The highest BCUT2D eigenvalue weighted by Gasteiger charge is 2.13. The van der Waals surface area contributed by atoms with Crippen molar-refractivity contribution in [2.24, 2.45) is 0 Å². The van der Waals surface area contributed by atoms with Crippen molar-refractivity contribution in [2.45, 2.75) is 0 Å². The molecule has 1 heterocycles. The molecule has 0 fully saturated rings. The second-order valence-corrected chi connectivity index (χ2v) is 4.99. The van der Waals surface area contributed by atoms with Crippen LogP contribution < -0.4 is 5.32 Å². The summed E-state index contributed by atoms with van der Waals surface area (Å²) in [5, 5.41) is 22.3. The number of phenolic OH excluding ortho intramolecular Hbond substituents is 1. The van der Waals surface area contributed by atoms with Gasteiger partial charge in [-0.25, -0.2) is 0 Å². The zero-order valence-electron chi connectivity index (χ0n) is 10.4. The second-order valence-electron chi connectivity index (χ2n) is 4.20. The molecule has 7 heteroatoms. The Labute approximate surface area is 129 Å². The predicted molar refractivity (Wildman–Crippen MR) is 80.1 cm³/mol. The Balaban J connectivity index is 2.04. The van der Waals surface area contributed by atoms with Gasteiger partial charge >= 0.3 is 0 Å². The molecule has 3 rings (SSSR count). The Morgan fingerprint density at radius 3 is 2.86 bits per heavy atom. The average Bonchev–Trinajstić information content (AvgIpc) is 2.87. The Bertz CT molecular complexity index is 884. The Morgan fingerprint density at radius 1 is 1.29 bits per heavy atom. The van der Waals surface area contributed by atoms with Gasteiger partial charge in [0, 0.05) is 6.07 Å². The van der Waals surface area contributed by atoms with Crippen molar-refractivity contribution < 1.29 is 9.52 Å². The topological polar surface area (TPSA) is 82.1 Å². The monoisotopic (exact) mass is 319 g/mol. The third kappa shape index (κ3) is 2.47. The first kappa shape index (κ1) is 13.6. The maximum atomic E-state index is 9.80. The molecule has 0 aliphatic rings. The molecule has 0 saturated carbocycles. The lowest BCUT2D eigenvalue weighted by molar-refractivity contribution is 0.466. The third-order valence-corrected chi connectivity index (χ3v) is 3.61. The van der Waals surface area contributed by atoms with E-state index in [4.69, 9.17) is 32.9 Å². The summed E-state index contributed by atoms with van der Waals surface area (Å²) in [7, 11) is 0. The molecular formula is C14H7Cl2N3O2. The molecule has 0 bridgehead atoms. The molecule has 0 amide bonds. The van der Waals surface area contributed by atoms with Crippen molar-refractivity contribution >= 4 is 46.0 Å². The lowest BCUT2D eigenvalue weighted by Crippen LogP contribution is -1.91. The fourth-order valence-corrected chi connectivity index (χ4v) is 2.20. The van der Waals surface area contributed by atoms with Crippen LogP contribution >= 0.6 is 23.2 Å². The molecule has 2 N–H and O–H groups in total. The van der Waals surface area contributed by atoms with Gasteiger partial charge in [0.15, 0.2) is 11.3 Å². The van der Waals surface area contributed by atoms with Crippen LogP contribution in [-0.2, 0) is 0 Å². The average molecular weight is 320 g/mol. The van der Waals surface area contributed by atoms with E-state index in [0.717, 1.165) is 0 Å². The van der Waals surface area contributed by atoms with Gasteiger partial charge in [0.25, 0.3) is 6.01 Å². The minimum Gasteiger partial charge on any atom is -0.504 e. The normalized spacial score (nSPS) is 10.5. The van der Waals surface area contributed by atoms with Crippen molar-refractivity contribution in [2.75, 3.05) is 5.32 Å². The van der Waals surface area contributed by atoms with E-state index in [1.54, 1.807) is 18.2 Å². The number of aromatic hydroxyl groups is 1. The standard InChI is InChI=1S/C14H7Cl2N3O2/c15-8-2-1-3-9(12(8)16)18-14-19-10-4-7(6-17)5-11(20)13(10)21-14/h1-5,20H,(H,18,19). The molecular weight excluding hydrogens is 313 g/mol. The Kier molecular flexibility index (Phi) is 3.34. The molecule has 0 atom stereocenters. The number of fused-ring (bicyclic) bond motifs is 1. The van der Waals surface area contributed by atoms with Crippen molar-refractivity contribution in [1.82, 2.24) is 4.98 Å². The molecule has 0 aliphatic carbocycles. The maximum absolute atomic E-state index is 9.80. The number of nitrogens with zero attached hydrogens (tertiary/aromatic N) is 2. The van der Waals surface area contributed by atoms with E-state index in [2.05, 4.69) is 10.3 Å². The number of nitriles is 1. The molecule has 0 aliphatic heterocycles. The fourth-order valence-electron chi connectivity index (χ4n) is 1.85. The molecule has 0 radical (unpaired) electrons. The number of hydrogen-bond donors (Lipinski definition) is 2. The van der Waals surface area contributed by atoms with Crippen molar-refractivity contribution in [3.8, 4) is 11.8 Å². The smallest absolute Gasteiger partial charge is 0.300 e. The molecule has 21 heavy (non-hydrogen) atoms. The first-order chi connectivity index (χ1) is 10.1. The van der Waals surface area contributed by atoms with Crippen LogP contribution in [-0.4, -0.2) is 10.1 Å². The van der Waals surface area contributed by atoms with Crippen LogP contribution in [0.3, 0.4) is 0 Å². The summed E-state index contributed by atoms with van der Waals surface area (Å²) in [5.74, 6) is -0.151. The quantitative estimate of drug-likeness (QED) is 0.728. The van der Waals surface area contributed by atoms with E-state index in [9.17, 15) is 5.11 Å². The highest BCUT2D eigenvalue weighted by atomic mass is 35.5. The van der Waals surface area contributed by atoms with Gasteiger partial charge in [-0.1, -0.05) is 29.3 Å². The lowest BCUT2D eigenvalue weighted by atomic mass is 10.2. The van der Waals surface area contributed by atoms with Crippen molar-refractivity contribution in [3.63, 3.8) is 0 Å². The number of benzene rings is 2. The summed E-state index contributed by atoms with van der Waals surface area (Å²) in [6.07, 6.45) is 0. The van der Waals surface area contributed by atoms with Crippen molar-refractivity contribution in [3.05, 3.63) is 45.9 Å². The molecule has 3 aromatic rings. The van der Waals surface area contributed by atoms with E-state index < -0.39 is 0 Å². The van der Waals surface area contributed by atoms with Gasteiger partial charge in [-0.15, -0.1) is 0 Å². The highest BCUT2D eigenvalue weighted by Crippen LogP contribution is 2.34. The minimum absolute atomic E-state index is 0.138. The minimum atomic E-state index is -0.151. The summed E-state index contributed by atoms with van der Waals surface area (Å²) in [6.45, 7) is 0.